The molecule has 0 aliphatic heterocycles. The van der Waals surface area contributed by atoms with E-state index in [1.54, 1.807) is 0 Å². The second-order valence-corrected chi connectivity index (χ2v) is 3.01. The molecule has 2 N–H and O–H groups in total. The van der Waals surface area contributed by atoms with E-state index in [0.29, 0.717) is 5.69 Å². The van der Waals surface area contributed by atoms with E-state index >= 15 is 0 Å². The Hall–Kier alpha value is -1.16. The summed E-state index contributed by atoms with van der Waals surface area (Å²) in [6.45, 7) is 2.00. The van der Waals surface area contributed by atoms with Gasteiger partial charge < -0.3 is 5.73 Å². The van der Waals surface area contributed by atoms with E-state index < -0.39 is 0 Å². The Morgan fingerprint density at radius 3 is 3.00 bits per heavy atom. The number of rotatable bonds is 0. The maximum atomic E-state index is 5.71. The molecule has 0 saturated carbocycles. The Balaban J connectivity index is 2.91. The topological polar surface area (TPSA) is 51.8 Å². The Kier molecular flexibility index (Phi) is 1.29. The summed E-state index contributed by atoms with van der Waals surface area (Å²) in [5.41, 5.74) is 9.27. The smallest absolute Gasteiger partial charge is 0.127 e. The summed E-state index contributed by atoms with van der Waals surface area (Å²) < 4.78 is 8.16. The molecule has 0 aliphatic carbocycles. The molecule has 1 aromatic heterocycles. The molecule has 56 valence electrons. The van der Waals surface area contributed by atoms with Gasteiger partial charge in [0, 0.05) is 0 Å². The van der Waals surface area contributed by atoms with Crippen molar-refractivity contribution in [1.29, 1.82) is 0 Å². The van der Waals surface area contributed by atoms with Crippen LogP contribution in [-0.2, 0) is 0 Å². The summed E-state index contributed by atoms with van der Waals surface area (Å²) in [6.07, 6.45) is 0. The summed E-state index contributed by atoms with van der Waals surface area (Å²) in [6, 6.07) is 3.89. The quantitative estimate of drug-likeness (QED) is 0.603. The molecule has 0 fully saturated rings. The zero-order chi connectivity index (χ0) is 7.84. The predicted octanol–water partition coefficient (Wildman–Crippen LogP) is 1.58. The van der Waals surface area contributed by atoms with Crippen molar-refractivity contribution in [3.05, 3.63) is 17.7 Å². The van der Waals surface area contributed by atoms with Crippen LogP contribution in [0.3, 0.4) is 0 Å². The second kappa shape index (κ2) is 2.17. The van der Waals surface area contributed by atoms with Crippen LogP contribution >= 0.6 is 11.7 Å². The fraction of sp³-hybridized carbons (Fsp3) is 0.143. The lowest BCUT2D eigenvalue weighted by atomic mass is 10.2. The summed E-state index contributed by atoms with van der Waals surface area (Å²) in [7, 11) is 0. The standard InChI is InChI=1S/C7H7N3S/c1-4-2-5(8)7-6(3-4)9-11-10-7/h2-3H,8H2,1H3. The number of nitrogens with two attached hydrogens (primary N) is 1. The number of fused-ring (bicyclic) bond motifs is 1. The highest BCUT2D eigenvalue weighted by Crippen LogP contribution is 2.20. The van der Waals surface area contributed by atoms with Crippen LogP contribution in [-0.4, -0.2) is 8.75 Å². The minimum absolute atomic E-state index is 0.716. The fourth-order valence-corrected chi connectivity index (χ4v) is 1.61. The summed E-state index contributed by atoms with van der Waals surface area (Å²) in [5, 5.41) is 0. The van der Waals surface area contributed by atoms with Crippen molar-refractivity contribution >= 4 is 28.4 Å². The van der Waals surface area contributed by atoms with Gasteiger partial charge in [-0.05, 0) is 24.6 Å². The summed E-state index contributed by atoms with van der Waals surface area (Å²) in [4.78, 5) is 0. The lowest BCUT2D eigenvalue weighted by Crippen LogP contribution is -1.87. The van der Waals surface area contributed by atoms with Crippen molar-refractivity contribution in [3.63, 3.8) is 0 Å². The SMILES string of the molecule is Cc1cc(N)c2nsnc2c1. The van der Waals surface area contributed by atoms with Gasteiger partial charge in [-0.25, -0.2) is 0 Å². The molecule has 1 heterocycles. The van der Waals surface area contributed by atoms with Gasteiger partial charge in [0.15, 0.2) is 0 Å². The van der Waals surface area contributed by atoms with Gasteiger partial charge in [0.1, 0.15) is 11.0 Å². The van der Waals surface area contributed by atoms with E-state index in [-0.39, 0.29) is 0 Å². The van der Waals surface area contributed by atoms with E-state index in [0.717, 1.165) is 16.6 Å². The number of nitrogens with zero attached hydrogens (tertiary/aromatic N) is 2. The van der Waals surface area contributed by atoms with Crippen molar-refractivity contribution in [2.75, 3.05) is 5.73 Å². The van der Waals surface area contributed by atoms with Crippen LogP contribution in [0.25, 0.3) is 11.0 Å². The Bertz CT molecular complexity index is 393. The molecule has 0 saturated heterocycles. The molecule has 2 rings (SSSR count). The summed E-state index contributed by atoms with van der Waals surface area (Å²) in [5.74, 6) is 0. The van der Waals surface area contributed by atoms with Crippen LogP contribution in [0.5, 0.6) is 0 Å². The Labute approximate surface area is 68.2 Å². The first-order valence-corrected chi connectivity index (χ1v) is 3.99. The van der Waals surface area contributed by atoms with Crippen LogP contribution in [0.2, 0.25) is 0 Å². The van der Waals surface area contributed by atoms with Gasteiger partial charge >= 0.3 is 0 Å². The number of hydrogen-bond donors (Lipinski definition) is 1. The molecular weight excluding hydrogens is 158 g/mol. The molecule has 0 atom stereocenters. The van der Waals surface area contributed by atoms with Crippen LogP contribution < -0.4 is 5.73 Å². The molecule has 11 heavy (non-hydrogen) atoms. The van der Waals surface area contributed by atoms with E-state index in [2.05, 4.69) is 8.75 Å². The van der Waals surface area contributed by atoms with Crippen molar-refractivity contribution in [1.82, 2.24) is 8.75 Å². The predicted molar refractivity (Wildman–Crippen MR) is 46.6 cm³/mol. The van der Waals surface area contributed by atoms with E-state index in [9.17, 15) is 0 Å². The third kappa shape index (κ3) is 0.952. The van der Waals surface area contributed by atoms with Crippen molar-refractivity contribution in [2.24, 2.45) is 0 Å². The normalized spacial score (nSPS) is 10.6. The van der Waals surface area contributed by atoms with E-state index in [1.165, 1.54) is 11.7 Å². The van der Waals surface area contributed by atoms with Gasteiger partial charge in [0.05, 0.1) is 17.4 Å². The molecule has 0 aliphatic rings. The number of benzene rings is 1. The monoisotopic (exact) mass is 165 g/mol. The fourth-order valence-electron chi connectivity index (χ4n) is 1.06. The van der Waals surface area contributed by atoms with Crippen molar-refractivity contribution in [3.8, 4) is 0 Å². The molecule has 0 spiro atoms. The van der Waals surface area contributed by atoms with Gasteiger partial charge in [-0.15, -0.1) is 0 Å². The highest BCUT2D eigenvalue weighted by Gasteiger charge is 2.01. The maximum Gasteiger partial charge on any atom is 0.127 e. The third-order valence-electron chi connectivity index (χ3n) is 1.53. The number of aromatic nitrogens is 2. The molecule has 0 unspecified atom stereocenters. The number of aryl methyl sites for hydroxylation is 1. The first kappa shape index (κ1) is 6.54. The van der Waals surface area contributed by atoms with E-state index in [1.807, 2.05) is 19.1 Å². The minimum atomic E-state index is 0.716. The van der Waals surface area contributed by atoms with Crippen molar-refractivity contribution < 1.29 is 0 Å². The van der Waals surface area contributed by atoms with Crippen LogP contribution in [0.4, 0.5) is 5.69 Å². The van der Waals surface area contributed by atoms with Gasteiger partial charge in [0.25, 0.3) is 0 Å². The van der Waals surface area contributed by atoms with Gasteiger partial charge in [0.2, 0.25) is 0 Å². The Morgan fingerprint density at radius 2 is 2.18 bits per heavy atom. The molecule has 2 aromatic rings. The van der Waals surface area contributed by atoms with Gasteiger partial charge in [-0.1, -0.05) is 0 Å². The zero-order valence-corrected chi connectivity index (χ0v) is 6.85. The molecule has 0 amide bonds. The highest BCUT2D eigenvalue weighted by atomic mass is 32.1. The number of nitrogen functional groups attached to an aromatic ring is 1. The van der Waals surface area contributed by atoms with Crippen LogP contribution in [0.1, 0.15) is 5.56 Å². The molecule has 0 bridgehead atoms. The van der Waals surface area contributed by atoms with Gasteiger partial charge in [-0.2, -0.15) is 8.75 Å². The number of anilines is 1. The van der Waals surface area contributed by atoms with Gasteiger partial charge in [-0.3, -0.25) is 0 Å². The zero-order valence-electron chi connectivity index (χ0n) is 6.03. The lowest BCUT2D eigenvalue weighted by molar-refractivity contribution is 1.48. The van der Waals surface area contributed by atoms with E-state index in [4.69, 9.17) is 5.73 Å². The first-order chi connectivity index (χ1) is 5.27. The molecular formula is C7H7N3S. The molecule has 4 heteroatoms. The van der Waals surface area contributed by atoms with Crippen molar-refractivity contribution in [2.45, 2.75) is 6.92 Å². The highest BCUT2D eigenvalue weighted by molar-refractivity contribution is 7.00. The summed E-state index contributed by atoms with van der Waals surface area (Å²) >= 11 is 1.20. The first-order valence-electron chi connectivity index (χ1n) is 3.26. The lowest BCUT2D eigenvalue weighted by Gasteiger charge is -1.94. The maximum absolute atomic E-state index is 5.71. The molecule has 1 aromatic carbocycles. The third-order valence-corrected chi connectivity index (χ3v) is 2.08. The average Bonchev–Trinajstić information content (AvgIpc) is 2.34. The second-order valence-electron chi connectivity index (χ2n) is 2.49. The average molecular weight is 165 g/mol. The minimum Gasteiger partial charge on any atom is -0.397 e. The number of hydrogen-bond acceptors (Lipinski definition) is 4. The largest absolute Gasteiger partial charge is 0.397 e. The van der Waals surface area contributed by atoms with Crippen LogP contribution in [0, 0.1) is 6.92 Å². The van der Waals surface area contributed by atoms with Crippen LogP contribution in [0.15, 0.2) is 12.1 Å². The molecule has 3 nitrogen and oxygen atoms in total. The molecule has 0 radical (unpaired) electrons. The Morgan fingerprint density at radius 1 is 1.36 bits per heavy atom.